The normalized spacial score (nSPS) is 25.0. The summed E-state index contributed by atoms with van der Waals surface area (Å²) in [4.78, 5) is 20.6. The van der Waals surface area contributed by atoms with E-state index in [0.29, 0.717) is 18.2 Å². The van der Waals surface area contributed by atoms with Gasteiger partial charge in [-0.15, -0.1) is 0 Å². The van der Waals surface area contributed by atoms with Crippen LogP contribution in [0.5, 0.6) is 0 Å². The zero-order valence-corrected chi connectivity index (χ0v) is 22.1. The van der Waals surface area contributed by atoms with E-state index in [1.807, 2.05) is 26.8 Å². The number of nitrogen functional groups attached to an aromatic ring is 1. The predicted octanol–water partition coefficient (Wildman–Crippen LogP) is 5.05. The summed E-state index contributed by atoms with van der Waals surface area (Å²) in [5.74, 6) is 0.827. The molecule has 0 aromatic carbocycles. The molecule has 3 N–H and O–H groups in total. The van der Waals surface area contributed by atoms with Gasteiger partial charge < -0.3 is 20.2 Å². The van der Waals surface area contributed by atoms with Gasteiger partial charge in [-0.1, -0.05) is 20.8 Å². The standard InChI is InChI=1S/C24H42N4O3Si/c1-23(2,3)28(22(29)30)20-15-27(19-11-12-26-13-18(19)25)14-17(16-9-10-16)21(20)31-32(7,8)24(4,5)6/h11-13,16-17,20-21H,9-10,14-15,25H2,1-8H3,(H,29,30)/t17-,20-,21+/m1/s1. The van der Waals surface area contributed by atoms with Crippen molar-refractivity contribution >= 4 is 25.8 Å². The summed E-state index contributed by atoms with van der Waals surface area (Å²) in [6.07, 6.45) is 4.76. The Balaban J connectivity index is 2.07. The average molecular weight is 463 g/mol. The van der Waals surface area contributed by atoms with Crippen LogP contribution in [0.4, 0.5) is 16.2 Å². The van der Waals surface area contributed by atoms with Crippen LogP contribution in [-0.4, -0.2) is 60.2 Å². The highest BCUT2D eigenvalue weighted by Gasteiger charge is 2.53. The number of nitrogens with two attached hydrogens (primary N) is 1. The molecule has 1 aromatic rings. The average Bonchev–Trinajstić information content (AvgIpc) is 3.45. The summed E-state index contributed by atoms with van der Waals surface area (Å²) in [6.45, 7) is 18.5. The summed E-state index contributed by atoms with van der Waals surface area (Å²) in [5, 5.41) is 10.4. The summed E-state index contributed by atoms with van der Waals surface area (Å²) in [6, 6.07) is 1.65. The second-order valence-corrected chi connectivity index (χ2v) is 16.8. The fourth-order valence-electron chi connectivity index (χ4n) is 4.71. The molecule has 8 heteroatoms. The summed E-state index contributed by atoms with van der Waals surface area (Å²) < 4.78 is 7.07. The minimum absolute atomic E-state index is 0.0497. The minimum atomic E-state index is -2.12. The lowest BCUT2D eigenvalue weighted by Crippen LogP contribution is -2.67. The molecule has 0 radical (unpaired) electrons. The molecule has 1 aromatic heterocycles. The van der Waals surface area contributed by atoms with E-state index in [1.165, 1.54) is 12.8 Å². The number of anilines is 2. The zero-order valence-electron chi connectivity index (χ0n) is 21.1. The van der Waals surface area contributed by atoms with Crippen LogP contribution >= 0.6 is 0 Å². The van der Waals surface area contributed by atoms with Crippen molar-refractivity contribution in [2.75, 3.05) is 23.7 Å². The van der Waals surface area contributed by atoms with Gasteiger partial charge in [0.15, 0.2) is 8.32 Å². The van der Waals surface area contributed by atoms with E-state index in [0.717, 1.165) is 12.2 Å². The van der Waals surface area contributed by atoms with Gasteiger partial charge in [-0.2, -0.15) is 0 Å². The molecule has 1 amide bonds. The van der Waals surface area contributed by atoms with Crippen molar-refractivity contribution in [2.24, 2.45) is 11.8 Å². The van der Waals surface area contributed by atoms with E-state index in [-0.39, 0.29) is 23.1 Å². The van der Waals surface area contributed by atoms with Crippen molar-refractivity contribution in [3.8, 4) is 0 Å². The molecule has 32 heavy (non-hydrogen) atoms. The monoisotopic (exact) mass is 462 g/mol. The number of piperidine rings is 1. The number of rotatable bonds is 5. The summed E-state index contributed by atoms with van der Waals surface area (Å²) in [5.41, 5.74) is 7.30. The maximum absolute atomic E-state index is 12.6. The lowest BCUT2D eigenvalue weighted by Gasteiger charge is -2.54. The lowest BCUT2D eigenvalue weighted by molar-refractivity contribution is -0.0239. The number of pyridine rings is 1. The topological polar surface area (TPSA) is 91.9 Å². The van der Waals surface area contributed by atoms with E-state index in [2.05, 4.69) is 43.7 Å². The maximum Gasteiger partial charge on any atom is 0.408 e. The molecule has 0 unspecified atom stereocenters. The van der Waals surface area contributed by atoms with Crippen LogP contribution in [-0.2, 0) is 4.43 Å². The van der Waals surface area contributed by atoms with Gasteiger partial charge >= 0.3 is 6.09 Å². The second kappa shape index (κ2) is 8.52. The minimum Gasteiger partial charge on any atom is -0.465 e. The van der Waals surface area contributed by atoms with E-state index in [1.54, 1.807) is 17.3 Å². The first-order chi connectivity index (χ1) is 14.6. The van der Waals surface area contributed by atoms with Gasteiger partial charge in [-0.05, 0) is 63.7 Å². The third kappa shape index (κ3) is 5.06. The van der Waals surface area contributed by atoms with E-state index in [4.69, 9.17) is 10.2 Å². The highest BCUT2D eigenvalue weighted by atomic mass is 28.4. The van der Waals surface area contributed by atoms with Gasteiger partial charge in [-0.3, -0.25) is 9.88 Å². The van der Waals surface area contributed by atoms with Gasteiger partial charge in [0.2, 0.25) is 0 Å². The molecule has 1 saturated carbocycles. The first kappa shape index (κ1) is 24.8. The first-order valence-corrected chi connectivity index (χ1v) is 14.7. The van der Waals surface area contributed by atoms with Crippen LogP contribution in [0.15, 0.2) is 18.5 Å². The van der Waals surface area contributed by atoms with Crippen molar-refractivity contribution in [1.29, 1.82) is 0 Å². The largest absolute Gasteiger partial charge is 0.465 e. The number of hydrogen-bond acceptors (Lipinski definition) is 5. The molecule has 2 heterocycles. The fraction of sp³-hybridized carbons (Fsp3) is 0.750. The maximum atomic E-state index is 12.6. The van der Waals surface area contributed by atoms with Crippen LogP contribution in [0.25, 0.3) is 0 Å². The zero-order chi connectivity index (χ0) is 24.1. The number of carbonyl (C=O) groups is 1. The van der Waals surface area contributed by atoms with Gasteiger partial charge in [0.1, 0.15) is 0 Å². The Kier molecular flexibility index (Phi) is 6.61. The number of amides is 1. The molecule has 2 fully saturated rings. The Labute approximate surface area is 194 Å². The van der Waals surface area contributed by atoms with Crippen LogP contribution < -0.4 is 10.6 Å². The van der Waals surface area contributed by atoms with Crippen molar-refractivity contribution in [1.82, 2.24) is 9.88 Å². The van der Waals surface area contributed by atoms with Crippen LogP contribution in [0.3, 0.4) is 0 Å². The molecule has 0 spiro atoms. The Bertz CT molecular complexity index is 829. The summed E-state index contributed by atoms with van der Waals surface area (Å²) in [7, 11) is -2.12. The third-order valence-electron chi connectivity index (χ3n) is 7.53. The molecular formula is C24H42N4O3Si. The van der Waals surface area contributed by atoms with Crippen molar-refractivity contribution in [3.63, 3.8) is 0 Å². The van der Waals surface area contributed by atoms with Crippen molar-refractivity contribution in [3.05, 3.63) is 18.5 Å². The molecule has 2 aliphatic rings. The predicted molar refractivity (Wildman–Crippen MR) is 133 cm³/mol. The number of nitrogens with zero attached hydrogens (tertiary/aromatic N) is 3. The number of hydrogen-bond donors (Lipinski definition) is 2. The van der Waals surface area contributed by atoms with Crippen LogP contribution in [0.2, 0.25) is 18.1 Å². The highest BCUT2D eigenvalue weighted by molar-refractivity contribution is 6.74. The third-order valence-corrected chi connectivity index (χ3v) is 12.0. The Morgan fingerprint density at radius 2 is 1.84 bits per heavy atom. The van der Waals surface area contributed by atoms with Gasteiger partial charge in [0.05, 0.1) is 29.7 Å². The fourth-order valence-corrected chi connectivity index (χ4v) is 6.08. The number of carboxylic acid groups (broad SMARTS) is 1. The van der Waals surface area contributed by atoms with E-state index in [9.17, 15) is 9.90 Å². The van der Waals surface area contributed by atoms with Crippen LogP contribution in [0.1, 0.15) is 54.4 Å². The molecular weight excluding hydrogens is 420 g/mol. The second-order valence-electron chi connectivity index (χ2n) is 12.1. The van der Waals surface area contributed by atoms with Crippen molar-refractivity contribution in [2.45, 2.75) is 90.2 Å². The highest BCUT2D eigenvalue weighted by Crippen LogP contribution is 2.47. The van der Waals surface area contributed by atoms with Gasteiger partial charge in [0, 0.05) is 30.7 Å². The Hall–Kier alpha value is -1.80. The SMILES string of the molecule is CC(C)(C)N(C(=O)O)[C@@H]1CN(c2ccncc2N)C[C@H](C2CC2)[C@@H]1O[Si](C)(C)C(C)(C)C. The molecule has 1 saturated heterocycles. The molecule has 3 rings (SSSR count). The van der Waals surface area contributed by atoms with Gasteiger partial charge in [0.25, 0.3) is 0 Å². The van der Waals surface area contributed by atoms with Crippen LogP contribution in [0, 0.1) is 11.8 Å². The van der Waals surface area contributed by atoms with Crippen molar-refractivity contribution < 1.29 is 14.3 Å². The van der Waals surface area contributed by atoms with E-state index < -0.39 is 19.9 Å². The molecule has 3 atom stereocenters. The smallest absolute Gasteiger partial charge is 0.408 e. The molecule has 180 valence electrons. The Morgan fingerprint density at radius 3 is 2.31 bits per heavy atom. The van der Waals surface area contributed by atoms with E-state index >= 15 is 0 Å². The first-order valence-electron chi connectivity index (χ1n) is 11.8. The Morgan fingerprint density at radius 1 is 1.22 bits per heavy atom. The molecule has 1 aliphatic heterocycles. The molecule has 0 bridgehead atoms. The lowest BCUT2D eigenvalue weighted by atomic mass is 9.84. The quantitative estimate of drug-likeness (QED) is 0.595. The van der Waals surface area contributed by atoms with Gasteiger partial charge in [-0.25, -0.2) is 4.79 Å². The molecule has 1 aliphatic carbocycles. The molecule has 7 nitrogen and oxygen atoms in total. The number of aromatic nitrogens is 1. The summed E-state index contributed by atoms with van der Waals surface area (Å²) >= 11 is 0.